The van der Waals surface area contributed by atoms with Crippen LogP contribution < -0.4 is 4.80 Å². The van der Waals surface area contributed by atoms with Crippen LogP contribution in [0.1, 0.15) is 39.5 Å². The van der Waals surface area contributed by atoms with Crippen LogP contribution in [0.3, 0.4) is 0 Å². The summed E-state index contributed by atoms with van der Waals surface area (Å²) in [6, 6.07) is 17.3. The smallest absolute Gasteiger partial charge is 0.243 e. The molecule has 4 rings (SSSR count). The summed E-state index contributed by atoms with van der Waals surface area (Å²) in [5.41, 5.74) is 2.85. The van der Waals surface area contributed by atoms with E-state index in [4.69, 9.17) is 4.99 Å². The van der Waals surface area contributed by atoms with E-state index >= 15 is 0 Å². The maximum absolute atomic E-state index is 13.3. The molecule has 1 aliphatic heterocycles. The topological polar surface area (TPSA) is 54.7 Å². The first-order chi connectivity index (χ1) is 15.5. The van der Waals surface area contributed by atoms with Crippen LogP contribution in [0.25, 0.3) is 11.3 Å². The molecule has 0 N–H and O–H groups in total. The number of benzene rings is 2. The molecule has 2 aromatic carbocycles. The van der Waals surface area contributed by atoms with Crippen molar-refractivity contribution in [3.63, 3.8) is 0 Å². The van der Waals surface area contributed by atoms with Crippen molar-refractivity contribution in [2.24, 2.45) is 10.9 Å². The van der Waals surface area contributed by atoms with Gasteiger partial charge in [-0.25, -0.2) is 13.4 Å². The first-order valence-corrected chi connectivity index (χ1v) is 13.7. The molecular weight excluding hydrogens is 438 g/mol. The minimum atomic E-state index is -3.48. The van der Waals surface area contributed by atoms with Crippen molar-refractivity contribution in [1.82, 2.24) is 8.87 Å². The lowest BCUT2D eigenvalue weighted by atomic mass is 10.0. The highest BCUT2D eigenvalue weighted by Gasteiger charge is 2.28. The lowest BCUT2D eigenvalue weighted by Gasteiger charge is -2.29. The number of unbranched alkanes of at least 4 members (excludes halogenated alkanes) is 1. The summed E-state index contributed by atoms with van der Waals surface area (Å²) in [5, 5.41) is 2.09. The molecule has 1 fully saturated rings. The van der Waals surface area contributed by atoms with Crippen molar-refractivity contribution in [3.8, 4) is 11.3 Å². The van der Waals surface area contributed by atoms with E-state index in [1.807, 2.05) is 48.5 Å². The number of sulfonamides is 1. The fourth-order valence-corrected chi connectivity index (χ4v) is 6.46. The fourth-order valence-electron chi connectivity index (χ4n) is 3.98. The fraction of sp³-hybridized carbons (Fsp3) is 0.400. The quantitative estimate of drug-likeness (QED) is 0.448. The molecule has 0 saturated carbocycles. The monoisotopic (exact) mass is 469 g/mol. The zero-order chi connectivity index (χ0) is 22.6. The van der Waals surface area contributed by atoms with E-state index in [-0.39, 0.29) is 0 Å². The van der Waals surface area contributed by atoms with E-state index in [0.29, 0.717) is 23.9 Å². The number of nitrogens with zero attached hydrogens (tertiary/aromatic N) is 3. The van der Waals surface area contributed by atoms with Crippen LogP contribution in [-0.4, -0.2) is 30.4 Å². The van der Waals surface area contributed by atoms with E-state index in [1.165, 1.54) is 0 Å². The second-order valence-corrected chi connectivity index (χ2v) is 11.2. The standard InChI is InChI=1S/C25H31N3O2S2/c1-3-4-15-28-24(19-31-25(28)26-22-10-6-5-7-11-22)21-9-8-12-23(18-21)32(29,30)27-16-13-20(2)14-17-27/h5-12,18-20H,3-4,13-17H2,1-2H3. The van der Waals surface area contributed by atoms with Crippen LogP contribution in [0.15, 0.2) is 69.9 Å². The van der Waals surface area contributed by atoms with Gasteiger partial charge in [0.15, 0.2) is 4.80 Å². The summed E-state index contributed by atoms with van der Waals surface area (Å²) in [5.74, 6) is 0.586. The Bertz CT molecular complexity index is 1210. The first kappa shape index (κ1) is 23.0. The molecule has 3 aromatic rings. The van der Waals surface area contributed by atoms with Gasteiger partial charge in [-0.2, -0.15) is 4.31 Å². The lowest BCUT2D eigenvalue weighted by molar-refractivity contribution is 0.288. The Balaban J connectivity index is 1.72. The number of thiazole rings is 1. The number of para-hydroxylation sites is 1. The van der Waals surface area contributed by atoms with E-state index in [0.717, 1.165) is 54.0 Å². The molecule has 2 heterocycles. The van der Waals surface area contributed by atoms with Gasteiger partial charge in [0.2, 0.25) is 10.0 Å². The average Bonchev–Trinajstić information content (AvgIpc) is 3.21. The van der Waals surface area contributed by atoms with Crippen molar-refractivity contribution in [1.29, 1.82) is 0 Å². The minimum absolute atomic E-state index is 0.374. The van der Waals surface area contributed by atoms with Crippen LogP contribution in [0, 0.1) is 5.92 Å². The molecule has 0 aliphatic carbocycles. The van der Waals surface area contributed by atoms with Crippen LogP contribution >= 0.6 is 11.3 Å². The van der Waals surface area contributed by atoms with Gasteiger partial charge in [0, 0.05) is 30.6 Å². The summed E-state index contributed by atoms with van der Waals surface area (Å²) < 4.78 is 30.4. The molecule has 0 bridgehead atoms. The molecule has 170 valence electrons. The van der Waals surface area contributed by atoms with Gasteiger partial charge in [-0.3, -0.25) is 0 Å². The third-order valence-electron chi connectivity index (χ3n) is 6.02. The summed E-state index contributed by atoms with van der Waals surface area (Å²) in [6.07, 6.45) is 3.96. The Morgan fingerprint density at radius 1 is 1.06 bits per heavy atom. The summed E-state index contributed by atoms with van der Waals surface area (Å²) in [6.45, 7) is 6.41. The summed E-state index contributed by atoms with van der Waals surface area (Å²) in [7, 11) is -3.48. The average molecular weight is 470 g/mol. The Kier molecular flexibility index (Phi) is 7.28. The second kappa shape index (κ2) is 10.1. The molecular formula is C25H31N3O2S2. The second-order valence-electron chi connectivity index (χ2n) is 8.47. The molecule has 0 unspecified atom stereocenters. The van der Waals surface area contributed by atoms with Crippen molar-refractivity contribution < 1.29 is 8.42 Å². The molecule has 1 aliphatic rings. The highest BCUT2D eigenvalue weighted by Crippen LogP contribution is 2.28. The van der Waals surface area contributed by atoms with Crippen molar-refractivity contribution in [2.75, 3.05) is 13.1 Å². The highest BCUT2D eigenvalue weighted by atomic mass is 32.2. The molecule has 1 aromatic heterocycles. The number of hydrogen-bond acceptors (Lipinski definition) is 4. The largest absolute Gasteiger partial charge is 0.316 e. The van der Waals surface area contributed by atoms with E-state index in [9.17, 15) is 8.42 Å². The molecule has 0 spiro atoms. The first-order valence-electron chi connectivity index (χ1n) is 11.4. The molecule has 1 saturated heterocycles. The molecule has 5 nitrogen and oxygen atoms in total. The Labute approximate surface area is 195 Å². The van der Waals surface area contributed by atoms with E-state index in [1.54, 1.807) is 21.7 Å². The third-order valence-corrected chi connectivity index (χ3v) is 8.78. The molecule has 0 radical (unpaired) electrons. The van der Waals surface area contributed by atoms with E-state index < -0.39 is 10.0 Å². The van der Waals surface area contributed by atoms with E-state index in [2.05, 4.69) is 23.8 Å². The van der Waals surface area contributed by atoms with Crippen LogP contribution in [0.4, 0.5) is 5.69 Å². The summed E-state index contributed by atoms with van der Waals surface area (Å²) >= 11 is 1.59. The normalized spacial score (nSPS) is 16.5. The predicted octanol–water partition coefficient (Wildman–Crippen LogP) is 5.67. The highest BCUT2D eigenvalue weighted by molar-refractivity contribution is 7.89. The van der Waals surface area contributed by atoms with Gasteiger partial charge in [0.1, 0.15) is 0 Å². The Morgan fingerprint density at radius 3 is 2.53 bits per heavy atom. The van der Waals surface area contributed by atoms with Gasteiger partial charge in [-0.1, -0.05) is 50.6 Å². The lowest BCUT2D eigenvalue weighted by Crippen LogP contribution is -2.37. The van der Waals surface area contributed by atoms with Gasteiger partial charge in [0.05, 0.1) is 16.3 Å². The predicted molar refractivity (Wildman–Crippen MR) is 131 cm³/mol. The van der Waals surface area contributed by atoms with Crippen LogP contribution in [0.2, 0.25) is 0 Å². The molecule has 7 heteroatoms. The Hall–Kier alpha value is -2.22. The minimum Gasteiger partial charge on any atom is -0.316 e. The number of piperidine rings is 1. The van der Waals surface area contributed by atoms with Gasteiger partial charge in [-0.05, 0) is 49.4 Å². The Morgan fingerprint density at radius 2 is 1.81 bits per heavy atom. The van der Waals surface area contributed by atoms with Crippen LogP contribution in [0.5, 0.6) is 0 Å². The zero-order valence-corrected chi connectivity index (χ0v) is 20.4. The number of hydrogen-bond donors (Lipinski definition) is 0. The van der Waals surface area contributed by atoms with Crippen LogP contribution in [-0.2, 0) is 16.6 Å². The van der Waals surface area contributed by atoms with Crippen molar-refractivity contribution in [3.05, 3.63) is 64.8 Å². The van der Waals surface area contributed by atoms with Gasteiger partial charge < -0.3 is 4.57 Å². The zero-order valence-electron chi connectivity index (χ0n) is 18.8. The molecule has 0 atom stereocenters. The van der Waals surface area contributed by atoms with Gasteiger partial charge >= 0.3 is 0 Å². The number of aromatic nitrogens is 1. The molecule has 32 heavy (non-hydrogen) atoms. The van der Waals surface area contributed by atoms with Gasteiger partial charge in [0.25, 0.3) is 0 Å². The SMILES string of the molecule is CCCCn1c(-c2cccc(S(=O)(=O)N3CCC(C)CC3)c2)csc1=Nc1ccccc1. The maximum atomic E-state index is 13.3. The van der Waals surface area contributed by atoms with Gasteiger partial charge in [-0.15, -0.1) is 11.3 Å². The maximum Gasteiger partial charge on any atom is 0.243 e. The third kappa shape index (κ3) is 5.05. The van der Waals surface area contributed by atoms with Crippen molar-refractivity contribution in [2.45, 2.75) is 51.0 Å². The molecule has 0 amide bonds. The van der Waals surface area contributed by atoms with Crippen molar-refractivity contribution >= 4 is 27.0 Å². The summed E-state index contributed by atoms with van der Waals surface area (Å²) in [4.78, 5) is 6.15. The number of rotatable bonds is 7.